The molecule has 5 nitrogen and oxygen atoms in total. The van der Waals surface area contributed by atoms with Crippen LogP contribution in [-0.4, -0.2) is 6.71 Å². The number of furan rings is 2. The van der Waals surface area contributed by atoms with Gasteiger partial charge in [0.15, 0.2) is 11.2 Å². The molecule has 0 fully saturated rings. The first-order chi connectivity index (χ1) is 37.7. The molecule has 76 heavy (non-hydrogen) atoms. The lowest BCUT2D eigenvalue weighted by molar-refractivity contribution is 0.666. The Bertz CT molecular complexity index is 4650. The van der Waals surface area contributed by atoms with Crippen molar-refractivity contribution in [3.8, 4) is 0 Å². The van der Waals surface area contributed by atoms with Crippen LogP contribution in [0.1, 0.15) is 0 Å². The second kappa shape index (κ2) is 15.7. The van der Waals surface area contributed by atoms with E-state index < -0.39 is 0 Å². The molecule has 0 saturated carbocycles. The van der Waals surface area contributed by atoms with E-state index in [4.69, 9.17) is 8.83 Å². The van der Waals surface area contributed by atoms with Gasteiger partial charge in [0, 0.05) is 55.7 Å². The number of benzene rings is 13. The largest absolute Gasteiger partial charge is 0.454 e. The van der Waals surface area contributed by atoms with Crippen LogP contribution < -0.4 is 31.1 Å². The number of nitrogens with zero attached hydrogens (tertiary/aromatic N) is 3. The van der Waals surface area contributed by atoms with Crippen LogP contribution in [0.15, 0.2) is 264 Å². The molecule has 2 aliphatic rings. The summed E-state index contributed by atoms with van der Waals surface area (Å²) in [6.07, 6.45) is 0. The van der Waals surface area contributed by atoms with Gasteiger partial charge in [-0.25, -0.2) is 0 Å². The fraction of sp³-hybridized carbons (Fsp3) is 0. The molecule has 0 N–H and O–H groups in total. The fourth-order valence-electron chi connectivity index (χ4n) is 12.9. The van der Waals surface area contributed by atoms with Gasteiger partial charge in [0.1, 0.15) is 11.2 Å². The molecule has 0 saturated heterocycles. The zero-order chi connectivity index (χ0) is 49.6. The molecule has 352 valence electrons. The van der Waals surface area contributed by atoms with E-state index in [1.54, 1.807) is 0 Å². The van der Waals surface area contributed by atoms with Crippen molar-refractivity contribution in [3.05, 3.63) is 255 Å². The molecular formula is C70H42BN3O2. The van der Waals surface area contributed by atoms with Gasteiger partial charge in [0.05, 0.1) is 17.1 Å². The highest BCUT2D eigenvalue weighted by molar-refractivity contribution is 7.00. The second-order valence-electron chi connectivity index (χ2n) is 20.4. The predicted molar refractivity (Wildman–Crippen MR) is 320 cm³/mol. The molecule has 15 aromatic rings. The molecule has 0 radical (unpaired) electrons. The topological polar surface area (TPSA) is 36.0 Å². The summed E-state index contributed by atoms with van der Waals surface area (Å²) in [6.45, 7) is -0.127. The first kappa shape index (κ1) is 41.4. The summed E-state index contributed by atoms with van der Waals surface area (Å²) in [6, 6.07) is 93.3. The lowest BCUT2D eigenvalue weighted by Gasteiger charge is -2.45. The van der Waals surface area contributed by atoms with E-state index in [1.165, 1.54) is 59.5 Å². The fourth-order valence-corrected chi connectivity index (χ4v) is 12.9. The average Bonchev–Trinajstić information content (AvgIpc) is 4.14. The number of hydrogen-bond acceptors (Lipinski definition) is 5. The Morgan fingerprint density at radius 3 is 1.14 bits per heavy atom. The van der Waals surface area contributed by atoms with E-state index in [0.29, 0.717) is 0 Å². The third kappa shape index (κ3) is 5.98. The summed E-state index contributed by atoms with van der Waals surface area (Å²) in [5.74, 6) is 0. The summed E-state index contributed by atoms with van der Waals surface area (Å²) < 4.78 is 14.0. The minimum atomic E-state index is -0.127. The Morgan fingerprint density at radius 2 is 0.684 bits per heavy atom. The molecule has 0 unspecified atom stereocenters. The number of fused-ring (bicyclic) bond motifs is 14. The van der Waals surface area contributed by atoms with Crippen molar-refractivity contribution in [2.24, 2.45) is 0 Å². The van der Waals surface area contributed by atoms with Crippen LogP contribution in [0.2, 0.25) is 0 Å². The predicted octanol–water partition coefficient (Wildman–Crippen LogP) is 17.7. The van der Waals surface area contributed by atoms with E-state index in [9.17, 15) is 0 Å². The van der Waals surface area contributed by atoms with Crippen molar-refractivity contribution in [3.63, 3.8) is 0 Å². The summed E-state index contributed by atoms with van der Waals surface area (Å²) in [7, 11) is 0. The third-order valence-electron chi connectivity index (χ3n) is 16.3. The van der Waals surface area contributed by atoms with Crippen molar-refractivity contribution >= 4 is 161 Å². The Morgan fingerprint density at radius 1 is 0.303 bits per heavy atom. The van der Waals surface area contributed by atoms with Gasteiger partial charge in [-0.3, -0.25) is 0 Å². The van der Waals surface area contributed by atoms with Crippen molar-refractivity contribution in [2.45, 2.75) is 0 Å². The van der Waals surface area contributed by atoms with Crippen molar-refractivity contribution < 1.29 is 8.83 Å². The molecular weight excluding hydrogens is 926 g/mol. The van der Waals surface area contributed by atoms with Gasteiger partial charge in [0.25, 0.3) is 6.71 Å². The van der Waals surface area contributed by atoms with E-state index in [1.807, 2.05) is 12.1 Å². The van der Waals surface area contributed by atoms with Gasteiger partial charge in [-0.05, 0) is 132 Å². The smallest absolute Gasteiger partial charge is 0.252 e. The van der Waals surface area contributed by atoms with Crippen LogP contribution >= 0.6 is 0 Å². The Hall–Kier alpha value is -10.0. The van der Waals surface area contributed by atoms with Gasteiger partial charge in [-0.1, -0.05) is 182 Å². The molecule has 0 amide bonds. The second-order valence-corrected chi connectivity index (χ2v) is 20.4. The molecule has 0 bridgehead atoms. The first-order valence-electron chi connectivity index (χ1n) is 26.1. The summed E-state index contributed by atoms with van der Waals surface area (Å²) in [4.78, 5) is 7.48. The SMILES string of the molecule is c1ccc2cc(N3c4cc5ccccc5cc4B4c5cc6ccccc6cc5N(c5ccc6ccccc6c5)c5cc(N(c6cccc7c6oc6ccccc67)c6cccc7c6oc6ccccc67)cc3c54)ccc2c1. The van der Waals surface area contributed by atoms with E-state index in [2.05, 4.69) is 257 Å². The van der Waals surface area contributed by atoms with Crippen LogP contribution in [0.5, 0.6) is 0 Å². The minimum Gasteiger partial charge on any atom is -0.454 e. The van der Waals surface area contributed by atoms with E-state index >= 15 is 0 Å². The first-order valence-corrected chi connectivity index (χ1v) is 26.1. The van der Waals surface area contributed by atoms with Gasteiger partial charge in [0.2, 0.25) is 0 Å². The molecule has 13 aromatic carbocycles. The van der Waals surface area contributed by atoms with Crippen LogP contribution in [0.3, 0.4) is 0 Å². The molecule has 17 rings (SSSR count). The number of rotatable bonds is 5. The zero-order valence-corrected chi connectivity index (χ0v) is 41.0. The molecule has 4 heterocycles. The van der Waals surface area contributed by atoms with Crippen LogP contribution in [0.25, 0.3) is 87.0 Å². The highest BCUT2D eigenvalue weighted by atomic mass is 16.3. The van der Waals surface area contributed by atoms with Crippen LogP contribution in [0.4, 0.5) is 51.2 Å². The van der Waals surface area contributed by atoms with Crippen molar-refractivity contribution in [1.29, 1.82) is 0 Å². The molecule has 2 aromatic heterocycles. The third-order valence-corrected chi connectivity index (χ3v) is 16.3. The minimum absolute atomic E-state index is 0.127. The summed E-state index contributed by atoms with van der Waals surface area (Å²) >= 11 is 0. The Kier molecular flexibility index (Phi) is 8.58. The lowest BCUT2D eigenvalue weighted by Crippen LogP contribution is -2.61. The molecule has 6 heteroatoms. The number of hydrogen-bond donors (Lipinski definition) is 0. The zero-order valence-electron chi connectivity index (χ0n) is 41.0. The summed E-state index contributed by atoms with van der Waals surface area (Å²) in [5.41, 5.74) is 16.5. The monoisotopic (exact) mass is 967 g/mol. The number of para-hydroxylation sites is 4. The van der Waals surface area contributed by atoms with Gasteiger partial charge < -0.3 is 23.5 Å². The molecule has 0 spiro atoms. The number of anilines is 9. The maximum Gasteiger partial charge on any atom is 0.252 e. The van der Waals surface area contributed by atoms with E-state index in [0.717, 1.165) is 95.1 Å². The lowest BCUT2D eigenvalue weighted by atomic mass is 9.33. The Balaban J connectivity index is 1.05. The van der Waals surface area contributed by atoms with E-state index in [-0.39, 0.29) is 6.71 Å². The molecule has 0 aliphatic carbocycles. The summed E-state index contributed by atoms with van der Waals surface area (Å²) in [5, 5.41) is 13.8. The van der Waals surface area contributed by atoms with Gasteiger partial charge >= 0.3 is 0 Å². The highest BCUT2D eigenvalue weighted by Gasteiger charge is 2.45. The maximum absolute atomic E-state index is 7.02. The Labute approximate surface area is 437 Å². The highest BCUT2D eigenvalue weighted by Crippen LogP contribution is 2.52. The maximum atomic E-state index is 7.02. The standard InChI is InChI=1S/C70H42BN3O2/c1-3-17-45-35-51(33-31-43(45)15-1)72-62-39-49-21-7-5-19-47(49)37-58(62)71-59-38-48-20-6-8-22-50(48)40-63(59)73(52-34-32-44-16-2-4-18-46(44)36-52)65-42-53(41-64(72)68(65)71)74(60-27-13-25-56-54-23-9-11-29-66(54)75-69(56)60)61-28-14-26-57-55-24-10-12-30-67(55)76-70(57)61/h1-42H. The van der Waals surface area contributed by atoms with Gasteiger partial charge in [-0.2, -0.15) is 0 Å². The van der Waals surface area contributed by atoms with Gasteiger partial charge in [-0.15, -0.1) is 0 Å². The molecule has 2 aliphatic heterocycles. The van der Waals surface area contributed by atoms with Crippen LogP contribution in [0, 0.1) is 0 Å². The van der Waals surface area contributed by atoms with Crippen LogP contribution in [-0.2, 0) is 0 Å². The average molecular weight is 968 g/mol. The quantitative estimate of drug-likeness (QED) is 0.161. The normalized spacial score (nSPS) is 12.9. The van der Waals surface area contributed by atoms with Crippen molar-refractivity contribution in [1.82, 2.24) is 0 Å². The van der Waals surface area contributed by atoms with Crippen molar-refractivity contribution in [2.75, 3.05) is 14.7 Å². The molecule has 0 atom stereocenters.